The van der Waals surface area contributed by atoms with Crippen molar-refractivity contribution in [3.05, 3.63) is 65.7 Å². The van der Waals surface area contributed by atoms with Crippen molar-refractivity contribution in [1.82, 2.24) is 5.32 Å². The van der Waals surface area contributed by atoms with Crippen LogP contribution in [-0.4, -0.2) is 26.6 Å². The lowest BCUT2D eigenvalue weighted by Crippen LogP contribution is -2.47. The van der Waals surface area contributed by atoms with Crippen LogP contribution in [0.5, 0.6) is 0 Å². The van der Waals surface area contributed by atoms with Crippen LogP contribution < -0.4 is 9.62 Å². The maximum absolute atomic E-state index is 12.4. The van der Waals surface area contributed by atoms with Crippen molar-refractivity contribution >= 4 is 21.6 Å². The number of amides is 1. The number of benzene rings is 2. The third-order valence-electron chi connectivity index (χ3n) is 3.65. The molecule has 0 aliphatic heterocycles. The first-order valence-corrected chi connectivity index (χ1v) is 9.51. The molecule has 2 aromatic carbocycles. The van der Waals surface area contributed by atoms with Crippen LogP contribution in [0.25, 0.3) is 0 Å². The number of rotatable bonds is 6. The minimum Gasteiger partial charge on any atom is -0.350 e. The number of hydrogen-bond acceptors (Lipinski definition) is 3. The second kappa shape index (κ2) is 7.49. The number of hydrogen-bond donors (Lipinski definition) is 1. The molecule has 0 radical (unpaired) electrons. The monoisotopic (exact) mass is 346 g/mol. The largest absolute Gasteiger partial charge is 0.350 e. The van der Waals surface area contributed by atoms with Crippen molar-refractivity contribution in [2.45, 2.75) is 26.4 Å². The Kier molecular flexibility index (Phi) is 5.62. The molecule has 1 amide bonds. The molecule has 128 valence electrons. The summed E-state index contributed by atoms with van der Waals surface area (Å²) in [5.41, 5.74) is 2.55. The Morgan fingerprint density at radius 3 is 2.38 bits per heavy atom. The first-order valence-electron chi connectivity index (χ1n) is 7.67. The van der Waals surface area contributed by atoms with Gasteiger partial charge in [0.15, 0.2) is 0 Å². The highest BCUT2D eigenvalue weighted by atomic mass is 32.2. The summed E-state index contributed by atoms with van der Waals surface area (Å²) in [4.78, 5) is 12.4. The quantitative estimate of drug-likeness (QED) is 0.874. The van der Waals surface area contributed by atoms with Crippen LogP contribution >= 0.6 is 0 Å². The van der Waals surface area contributed by atoms with E-state index in [1.807, 2.05) is 31.2 Å². The lowest BCUT2D eigenvalue weighted by Gasteiger charge is -2.28. The smallest absolute Gasteiger partial charge is 0.243 e. The Morgan fingerprint density at radius 1 is 1.12 bits per heavy atom. The molecule has 0 saturated carbocycles. The lowest BCUT2D eigenvalue weighted by molar-refractivity contribution is -0.122. The van der Waals surface area contributed by atoms with Crippen molar-refractivity contribution in [3.63, 3.8) is 0 Å². The van der Waals surface area contributed by atoms with Crippen molar-refractivity contribution in [2.75, 3.05) is 10.6 Å². The Morgan fingerprint density at radius 2 is 1.79 bits per heavy atom. The van der Waals surface area contributed by atoms with Crippen LogP contribution in [-0.2, 0) is 21.4 Å². The number of carbonyl (C=O) groups is 1. The van der Waals surface area contributed by atoms with Crippen LogP contribution in [0.4, 0.5) is 5.69 Å². The van der Waals surface area contributed by atoms with E-state index in [1.54, 1.807) is 37.3 Å². The van der Waals surface area contributed by atoms with Crippen LogP contribution in [0.3, 0.4) is 0 Å². The molecule has 0 unspecified atom stereocenters. The topological polar surface area (TPSA) is 66.5 Å². The van der Waals surface area contributed by atoms with Crippen molar-refractivity contribution in [3.8, 4) is 0 Å². The molecule has 2 aromatic rings. The number of aryl methyl sites for hydroxylation is 1. The van der Waals surface area contributed by atoms with Crippen molar-refractivity contribution < 1.29 is 13.2 Å². The molecule has 0 bridgehead atoms. The summed E-state index contributed by atoms with van der Waals surface area (Å²) >= 11 is 0. The van der Waals surface area contributed by atoms with E-state index in [1.165, 1.54) is 0 Å². The molecule has 0 aliphatic carbocycles. The summed E-state index contributed by atoms with van der Waals surface area (Å²) in [7, 11) is -3.58. The van der Waals surface area contributed by atoms with E-state index in [4.69, 9.17) is 0 Å². The van der Waals surface area contributed by atoms with Gasteiger partial charge in [0.25, 0.3) is 0 Å². The fourth-order valence-corrected chi connectivity index (χ4v) is 3.72. The van der Waals surface area contributed by atoms with Crippen molar-refractivity contribution in [1.29, 1.82) is 0 Å². The van der Waals surface area contributed by atoms with Gasteiger partial charge in [0.05, 0.1) is 11.9 Å². The van der Waals surface area contributed by atoms with Crippen LogP contribution in [0, 0.1) is 6.92 Å². The maximum Gasteiger partial charge on any atom is 0.243 e. The van der Waals surface area contributed by atoms with Crippen molar-refractivity contribution in [2.24, 2.45) is 0 Å². The number of sulfonamides is 1. The third-order valence-corrected chi connectivity index (χ3v) is 4.89. The normalized spacial score (nSPS) is 12.5. The molecule has 0 heterocycles. The van der Waals surface area contributed by atoms with Gasteiger partial charge >= 0.3 is 0 Å². The lowest BCUT2D eigenvalue weighted by atomic mass is 10.1. The van der Waals surface area contributed by atoms with E-state index in [2.05, 4.69) is 5.32 Å². The molecule has 1 atom stereocenters. The third kappa shape index (κ3) is 4.58. The number of para-hydroxylation sites is 1. The molecule has 24 heavy (non-hydrogen) atoms. The Balaban J connectivity index is 2.14. The molecular weight excluding hydrogens is 324 g/mol. The fourth-order valence-electron chi connectivity index (χ4n) is 2.54. The SMILES string of the molecule is Cc1cccc(CNC(=O)[C@@H](C)N(c2ccccc2)S(C)(=O)=O)c1. The van der Waals surface area contributed by atoms with E-state index in [9.17, 15) is 13.2 Å². The van der Waals surface area contributed by atoms with Gasteiger partial charge in [-0.2, -0.15) is 0 Å². The fraction of sp³-hybridized carbons (Fsp3) is 0.278. The minimum absolute atomic E-state index is 0.342. The number of anilines is 1. The second-order valence-electron chi connectivity index (χ2n) is 5.78. The minimum atomic E-state index is -3.58. The summed E-state index contributed by atoms with van der Waals surface area (Å²) in [6, 6.07) is 15.6. The van der Waals surface area contributed by atoms with Crippen LogP contribution in [0.2, 0.25) is 0 Å². The van der Waals surface area contributed by atoms with Gasteiger partial charge in [0.2, 0.25) is 15.9 Å². The second-order valence-corrected chi connectivity index (χ2v) is 7.64. The first kappa shape index (κ1) is 18.0. The molecule has 0 aliphatic rings. The Hall–Kier alpha value is -2.34. The molecule has 2 rings (SSSR count). The standard InChI is InChI=1S/C18H22N2O3S/c1-14-8-7-9-16(12-14)13-19-18(21)15(2)20(24(3,22)23)17-10-5-4-6-11-17/h4-12,15H,13H2,1-3H3,(H,19,21)/t15-/m1/s1. The Labute approximate surface area is 143 Å². The number of carbonyl (C=O) groups excluding carboxylic acids is 1. The molecule has 0 spiro atoms. The zero-order chi connectivity index (χ0) is 17.7. The molecule has 6 heteroatoms. The number of nitrogens with one attached hydrogen (secondary N) is 1. The van der Waals surface area contributed by atoms with Gasteiger partial charge in [-0.15, -0.1) is 0 Å². The molecule has 0 aromatic heterocycles. The zero-order valence-corrected chi connectivity index (χ0v) is 14.9. The van der Waals surface area contributed by atoms with Gasteiger partial charge < -0.3 is 5.32 Å². The zero-order valence-electron chi connectivity index (χ0n) is 14.1. The summed E-state index contributed by atoms with van der Waals surface area (Å²) in [5.74, 6) is -0.342. The maximum atomic E-state index is 12.4. The first-order chi connectivity index (χ1) is 11.3. The average molecular weight is 346 g/mol. The molecule has 1 N–H and O–H groups in total. The molecule has 0 saturated heterocycles. The van der Waals surface area contributed by atoms with Crippen LogP contribution in [0.15, 0.2) is 54.6 Å². The van der Waals surface area contributed by atoms with E-state index in [-0.39, 0.29) is 5.91 Å². The predicted octanol–water partition coefficient (Wildman–Crippen LogP) is 2.47. The van der Waals surface area contributed by atoms with Gasteiger partial charge in [-0.1, -0.05) is 48.0 Å². The number of nitrogens with zero attached hydrogens (tertiary/aromatic N) is 1. The summed E-state index contributed by atoms with van der Waals surface area (Å²) < 4.78 is 25.4. The molecular formula is C18H22N2O3S. The average Bonchev–Trinajstić information content (AvgIpc) is 2.52. The van der Waals surface area contributed by atoms with Gasteiger partial charge in [-0.3, -0.25) is 9.10 Å². The van der Waals surface area contributed by atoms with E-state index in [0.717, 1.165) is 21.7 Å². The van der Waals surface area contributed by atoms with Gasteiger partial charge in [0.1, 0.15) is 6.04 Å². The predicted molar refractivity (Wildman–Crippen MR) is 96.3 cm³/mol. The molecule has 0 fully saturated rings. The van der Waals surface area contributed by atoms with E-state index in [0.29, 0.717) is 12.2 Å². The van der Waals surface area contributed by atoms with Gasteiger partial charge in [-0.05, 0) is 31.5 Å². The highest BCUT2D eigenvalue weighted by molar-refractivity contribution is 7.92. The van der Waals surface area contributed by atoms with Crippen LogP contribution in [0.1, 0.15) is 18.1 Å². The summed E-state index contributed by atoms with van der Waals surface area (Å²) in [6.45, 7) is 3.92. The van der Waals surface area contributed by atoms with Gasteiger partial charge in [-0.25, -0.2) is 8.42 Å². The van der Waals surface area contributed by atoms with E-state index < -0.39 is 16.1 Å². The highest BCUT2D eigenvalue weighted by Crippen LogP contribution is 2.20. The Bertz CT molecular complexity index is 804. The highest BCUT2D eigenvalue weighted by Gasteiger charge is 2.28. The van der Waals surface area contributed by atoms with E-state index >= 15 is 0 Å². The molecule has 5 nitrogen and oxygen atoms in total. The summed E-state index contributed by atoms with van der Waals surface area (Å²) in [5, 5.41) is 2.80. The van der Waals surface area contributed by atoms with Gasteiger partial charge in [0, 0.05) is 6.54 Å². The summed E-state index contributed by atoms with van der Waals surface area (Å²) in [6.07, 6.45) is 1.10.